The summed E-state index contributed by atoms with van der Waals surface area (Å²) in [6, 6.07) is 18.2. The van der Waals surface area contributed by atoms with Gasteiger partial charge in [0.15, 0.2) is 5.78 Å². The van der Waals surface area contributed by atoms with Gasteiger partial charge in [0, 0.05) is 11.1 Å². The van der Waals surface area contributed by atoms with Gasteiger partial charge in [-0.05, 0) is 47.6 Å². The van der Waals surface area contributed by atoms with Crippen molar-refractivity contribution >= 4 is 5.78 Å². The van der Waals surface area contributed by atoms with Crippen molar-refractivity contribution in [2.75, 3.05) is 0 Å². The Labute approximate surface area is 138 Å². The molecule has 0 aromatic heterocycles. The quantitative estimate of drug-likeness (QED) is 0.562. The lowest BCUT2D eigenvalue weighted by atomic mass is 9.96. The maximum atomic E-state index is 13.0. The largest absolute Gasteiger partial charge is 0.289 e. The van der Waals surface area contributed by atoms with Crippen molar-refractivity contribution < 1.29 is 4.79 Å². The number of hydrogen-bond acceptors (Lipinski definition) is 1. The summed E-state index contributed by atoms with van der Waals surface area (Å²) in [6.07, 6.45) is 0. The van der Waals surface area contributed by atoms with Crippen LogP contribution in [0.1, 0.15) is 52.4 Å². The van der Waals surface area contributed by atoms with E-state index in [2.05, 4.69) is 45.0 Å². The summed E-state index contributed by atoms with van der Waals surface area (Å²) in [5, 5.41) is 0. The van der Waals surface area contributed by atoms with Gasteiger partial charge in [-0.3, -0.25) is 4.79 Å². The first-order valence-electron chi connectivity index (χ1n) is 8.12. The average molecular weight is 302 g/mol. The molecule has 0 bridgehead atoms. The van der Waals surface area contributed by atoms with Crippen molar-refractivity contribution in [3.8, 4) is 11.1 Å². The Morgan fingerprint density at radius 3 is 2.17 bits per heavy atom. The number of fused-ring (bicyclic) bond motifs is 1. The second kappa shape index (κ2) is 6.00. The van der Waals surface area contributed by atoms with Crippen LogP contribution in [0.3, 0.4) is 0 Å². The fraction of sp³-hybridized carbons (Fsp3) is 0.227. The predicted molar refractivity (Wildman–Crippen MR) is 96.5 cm³/mol. The molecule has 0 aliphatic heterocycles. The Hall–Kier alpha value is -2.41. The predicted octanol–water partition coefficient (Wildman–Crippen LogP) is 5.76. The number of carbonyl (C=O) groups is 1. The fourth-order valence-electron chi connectivity index (χ4n) is 3.11. The minimum absolute atomic E-state index is 0.110. The van der Waals surface area contributed by atoms with Crippen LogP contribution in [0.5, 0.6) is 0 Å². The van der Waals surface area contributed by atoms with E-state index in [-0.39, 0.29) is 5.78 Å². The summed E-state index contributed by atoms with van der Waals surface area (Å²) < 4.78 is 0. The number of hydrogen-bond donors (Lipinski definition) is 0. The number of ketones is 1. The highest BCUT2D eigenvalue weighted by Crippen LogP contribution is 2.36. The molecule has 116 valence electrons. The van der Waals surface area contributed by atoms with Gasteiger partial charge in [0.05, 0.1) is 0 Å². The van der Waals surface area contributed by atoms with Crippen LogP contribution < -0.4 is 0 Å². The van der Waals surface area contributed by atoms with E-state index < -0.39 is 0 Å². The molecule has 1 nitrogen and oxygen atoms in total. The number of aryl methyl sites for hydroxylation is 2. The Balaban J connectivity index is 2.25. The monoisotopic (exact) mass is 302 g/mol. The first-order chi connectivity index (χ1) is 11.0. The van der Waals surface area contributed by atoms with Crippen molar-refractivity contribution in [3.05, 3.63) is 82.4 Å². The van der Waals surface area contributed by atoms with Gasteiger partial charge < -0.3 is 0 Å². The van der Waals surface area contributed by atoms with Crippen LogP contribution >= 0.6 is 0 Å². The van der Waals surface area contributed by atoms with Gasteiger partial charge in [-0.1, -0.05) is 68.4 Å². The molecule has 0 spiro atoms. The number of rotatable bonds is 3. The lowest BCUT2D eigenvalue weighted by molar-refractivity contribution is 0.103. The lowest BCUT2D eigenvalue weighted by Gasteiger charge is -2.06. The Morgan fingerprint density at radius 1 is 0.826 bits per heavy atom. The van der Waals surface area contributed by atoms with E-state index in [1.54, 1.807) is 0 Å². The Kier molecular flexibility index (Phi) is 4.04. The van der Waals surface area contributed by atoms with E-state index >= 15 is 0 Å². The molecule has 3 rings (SSSR count). The highest BCUT2D eigenvalue weighted by Gasteiger charge is 2.22. The van der Waals surface area contributed by atoms with Crippen LogP contribution in [0.4, 0.5) is 0 Å². The lowest BCUT2D eigenvalue weighted by Crippen LogP contribution is -2.02. The molecule has 2 aliphatic carbocycles. The topological polar surface area (TPSA) is 17.1 Å². The molecule has 0 heterocycles. The standard InChI is InChI=1S/C22H22O/c1-14(2)18-11-10-15(3)19-12-16(4)21(20(19)13-18)22(23)17-8-6-5-7-9-17/h5-14H,1-4H3. The maximum absolute atomic E-state index is 13.0. The minimum Gasteiger partial charge on any atom is -0.289 e. The molecule has 0 N–H and O–H groups in total. The van der Waals surface area contributed by atoms with Crippen LogP contribution in [0.25, 0.3) is 11.1 Å². The summed E-state index contributed by atoms with van der Waals surface area (Å²) in [6.45, 7) is 8.52. The van der Waals surface area contributed by atoms with E-state index in [4.69, 9.17) is 0 Å². The Morgan fingerprint density at radius 2 is 1.52 bits per heavy atom. The summed E-state index contributed by atoms with van der Waals surface area (Å²) in [5.41, 5.74) is 7.36. The molecule has 0 saturated carbocycles. The fourth-order valence-corrected chi connectivity index (χ4v) is 3.11. The van der Waals surface area contributed by atoms with Crippen molar-refractivity contribution in [2.45, 2.75) is 33.6 Å². The number of benzene rings is 1. The first-order valence-corrected chi connectivity index (χ1v) is 8.12. The first kappa shape index (κ1) is 15.5. The molecule has 1 heteroatoms. The second-order valence-corrected chi connectivity index (χ2v) is 6.54. The highest BCUT2D eigenvalue weighted by atomic mass is 16.1. The average Bonchev–Trinajstić information content (AvgIpc) is 2.78. The molecule has 0 fully saturated rings. The minimum atomic E-state index is 0.110. The highest BCUT2D eigenvalue weighted by molar-refractivity contribution is 6.15. The van der Waals surface area contributed by atoms with Gasteiger partial charge in [-0.25, -0.2) is 0 Å². The van der Waals surface area contributed by atoms with Crippen LogP contribution in [0.2, 0.25) is 0 Å². The van der Waals surface area contributed by atoms with Crippen molar-refractivity contribution in [1.82, 2.24) is 0 Å². The van der Waals surface area contributed by atoms with Gasteiger partial charge in [-0.15, -0.1) is 0 Å². The molecule has 23 heavy (non-hydrogen) atoms. The molecule has 0 amide bonds. The summed E-state index contributed by atoms with van der Waals surface area (Å²) in [7, 11) is 0. The number of carbonyl (C=O) groups excluding carboxylic acids is 1. The van der Waals surface area contributed by atoms with E-state index in [1.807, 2.05) is 37.3 Å². The molecule has 0 saturated heterocycles. The molecular formula is C22H22O. The second-order valence-electron chi connectivity index (χ2n) is 6.54. The molecule has 2 aliphatic rings. The molecule has 1 aromatic rings. The van der Waals surface area contributed by atoms with Gasteiger partial charge >= 0.3 is 0 Å². The van der Waals surface area contributed by atoms with Crippen molar-refractivity contribution in [2.24, 2.45) is 0 Å². The summed E-state index contributed by atoms with van der Waals surface area (Å²) in [5.74, 6) is 0.540. The molecule has 0 radical (unpaired) electrons. The van der Waals surface area contributed by atoms with Gasteiger partial charge in [0.2, 0.25) is 0 Å². The SMILES string of the molecule is Cc1ccc(C(C)C)cc2c(C(=O)c3ccccc3)c(C)cc1-2. The third kappa shape index (κ3) is 2.79. The summed E-state index contributed by atoms with van der Waals surface area (Å²) in [4.78, 5) is 13.0. The van der Waals surface area contributed by atoms with Crippen LogP contribution in [-0.2, 0) is 0 Å². The zero-order valence-corrected chi connectivity index (χ0v) is 14.2. The maximum Gasteiger partial charge on any atom is 0.193 e. The van der Waals surface area contributed by atoms with Crippen LogP contribution in [0, 0.1) is 13.8 Å². The van der Waals surface area contributed by atoms with Crippen molar-refractivity contribution in [3.63, 3.8) is 0 Å². The van der Waals surface area contributed by atoms with E-state index in [9.17, 15) is 4.79 Å². The molecule has 0 unspecified atom stereocenters. The van der Waals surface area contributed by atoms with Gasteiger partial charge in [0.1, 0.15) is 0 Å². The molecule has 0 atom stereocenters. The van der Waals surface area contributed by atoms with E-state index in [0.29, 0.717) is 5.92 Å². The van der Waals surface area contributed by atoms with Crippen LogP contribution in [-0.4, -0.2) is 5.78 Å². The van der Waals surface area contributed by atoms with Crippen molar-refractivity contribution in [1.29, 1.82) is 0 Å². The van der Waals surface area contributed by atoms with Gasteiger partial charge in [-0.2, -0.15) is 0 Å². The third-order valence-electron chi connectivity index (χ3n) is 4.51. The zero-order valence-electron chi connectivity index (χ0n) is 14.2. The van der Waals surface area contributed by atoms with E-state index in [0.717, 1.165) is 22.3 Å². The van der Waals surface area contributed by atoms with Gasteiger partial charge in [0.25, 0.3) is 0 Å². The Bertz CT molecular complexity index is 828. The molecule has 1 aromatic carbocycles. The smallest absolute Gasteiger partial charge is 0.193 e. The van der Waals surface area contributed by atoms with E-state index in [1.165, 1.54) is 16.7 Å². The zero-order chi connectivity index (χ0) is 16.6. The summed E-state index contributed by atoms with van der Waals surface area (Å²) >= 11 is 0. The normalized spacial score (nSPS) is 11.2. The third-order valence-corrected chi connectivity index (χ3v) is 4.51. The molecular weight excluding hydrogens is 280 g/mol. The van der Waals surface area contributed by atoms with Crippen LogP contribution in [0.15, 0.2) is 54.6 Å².